The molecule has 3 rings (SSSR count). The van der Waals surface area contributed by atoms with Crippen LogP contribution >= 0.6 is 15.9 Å². The molecule has 0 aliphatic carbocycles. The van der Waals surface area contributed by atoms with Gasteiger partial charge in [0.05, 0.1) is 5.69 Å². The molecule has 0 aromatic heterocycles. The number of rotatable bonds is 3. The van der Waals surface area contributed by atoms with Crippen molar-refractivity contribution in [3.8, 4) is 5.75 Å². The number of ether oxygens (including phenoxy) is 1. The highest BCUT2D eigenvalue weighted by atomic mass is 79.9. The standard InChI is InChI=1S/C15H18BrF3N2O/c16-10-3-4-13(14(8-10)22-15(17,18)19)20-11-5-7-21-6-1-2-12(21)9-11/h3-4,8,11-12,20H,1-2,5-7,9H2/t11-,12-/m0/s1. The Hall–Kier alpha value is -0.950. The molecular formula is C15H18BrF3N2O. The summed E-state index contributed by atoms with van der Waals surface area (Å²) in [5, 5.41) is 3.24. The summed E-state index contributed by atoms with van der Waals surface area (Å²) in [6.07, 6.45) is -0.367. The molecule has 0 amide bonds. The Bertz CT molecular complexity index is 538. The third-order valence-electron chi connectivity index (χ3n) is 4.35. The van der Waals surface area contributed by atoms with Gasteiger partial charge in [-0.25, -0.2) is 0 Å². The minimum Gasteiger partial charge on any atom is -0.404 e. The first-order valence-electron chi connectivity index (χ1n) is 7.46. The van der Waals surface area contributed by atoms with Crippen LogP contribution in [-0.2, 0) is 0 Å². The van der Waals surface area contributed by atoms with Crippen LogP contribution in [-0.4, -0.2) is 36.4 Å². The maximum atomic E-state index is 12.5. The molecule has 22 heavy (non-hydrogen) atoms. The van der Waals surface area contributed by atoms with E-state index in [1.807, 2.05) is 0 Å². The molecule has 0 radical (unpaired) electrons. The van der Waals surface area contributed by atoms with Gasteiger partial charge in [-0.2, -0.15) is 0 Å². The van der Waals surface area contributed by atoms with E-state index in [0.717, 1.165) is 25.9 Å². The number of piperidine rings is 1. The Kier molecular flexibility index (Phi) is 4.54. The summed E-state index contributed by atoms with van der Waals surface area (Å²) in [5.41, 5.74) is 0.400. The van der Waals surface area contributed by atoms with Gasteiger partial charge in [-0.05, 0) is 50.4 Å². The van der Waals surface area contributed by atoms with E-state index in [2.05, 4.69) is 30.9 Å². The van der Waals surface area contributed by atoms with Crippen molar-refractivity contribution in [2.75, 3.05) is 18.4 Å². The molecule has 7 heteroatoms. The molecule has 1 aromatic rings. The zero-order chi connectivity index (χ0) is 15.7. The van der Waals surface area contributed by atoms with Crippen molar-refractivity contribution in [2.45, 2.75) is 44.1 Å². The number of nitrogens with zero attached hydrogens (tertiary/aromatic N) is 1. The van der Waals surface area contributed by atoms with E-state index in [9.17, 15) is 13.2 Å². The van der Waals surface area contributed by atoms with Crippen LogP contribution in [0.25, 0.3) is 0 Å². The van der Waals surface area contributed by atoms with Gasteiger partial charge < -0.3 is 15.0 Å². The maximum absolute atomic E-state index is 12.5. The Morgan fingerprint density at radius 2 is 2.05 bits per heavy atom. The minimum atomic E-state index is -4.69. The molecule has 1 N–H and O–H groups in total. The van der Waals surface area contributed by atoms with Crippen LogP contribution in [0.15, 0.2) is 22.7 Å². The van der Waals surface area contributed by atoms with Crippen LogP contribution in [0.3, 0.4) is 0 Å². The zero-order valence-electron chi connectivity index (χ0n) is 12.0. The molecule has 0 spiro atoms. The topological polar surface area (TPSA) is 24.5 Å². The molecule has 2 aliphatic heterocycles. The Labute approximate surface area is 135 Å². The smallest absolute Gasteiger partial charge is 0.404 e. The van der Waals surface area contributed by atoms with Crippen molar-refractivity contribution >= 4 is 21.6 Å². The van der Waals surface area contributed by atoms with E-state index in [1.54, 1.807) is 12.1 Å². The van der Waals surface area contributed by atoms with Gasteiger partial charge in [-0.3, -0.25) is 0 Å². The molecule has 2 fully saturated rings. The Morgan fingerprint density at radius 3 is 2.82 bits per heavy atom. The van der Waals surface area contributed by atoms with E-state index in [4.69, 9.17) is 0 Å². The first-order valence-corrected chi connectivity index (χ1v) is 8.26. The van der Waals surface area contributed by atoms with Gasteiger partial charge >= 0.3 is 6.36 Å². The molecule has 2 aliphatic rings. The summed E-state index contributed by atoms with van der Waals surface area (Å²) in [6, 6.07) is 5.45. The minimum absolute atomic E-state index is 0.185. The van der Waals surface area contributed by atoms with Gasteiger partial charge in [-0.15, -0.1) is 13.2 Å². The lowest BCUT2D eigenvalue weighted by molar-refractivity contribution is -0.274. The van der Waals surface area contributed by atoms with E-state index < -0.39 is 6.36 Å². The summed E-state index contributed by atoms with van der Waals surface area (Å²) < 4.78 is 42.3. The quantitative estimate of drug-likeness (QED) is 0.844. The van der Waals surface area contributed by atoms with Crippen LogP contribution in [0.5, 0.6) is 5.75 Å². The summed E-state index contributed by atoms with van der Waals surface area (Å²) in [6.45, 7) is 2.16. The van der Waals surface area contributed by atoms with E-state index in [-0.39, 0.29) is 11.8 Å². The number of alkyl halides is 3. The first-order chi connectivity index (χ1) is 10.4. The van der Waals surface area contributed by atoms with Crippen LogP contribution in [0.4, 0.5) is 18.9 Å². The van der Waals surface area contributed by atoms with Crippen LogP contribution in [0, 0.1) is 0 Å². The molecule has 3 nitrogen and oxygen atoms in total. The highest BCUT2D eigenvalue weighted by molar-refractivity contribution is 9.10. The van der Waals surface area contributed by atoms with Gasteiger partial charge in [0.15, 0.2) is 5.75 Å². The third-order valence-corrected chi connectivity index (χ3v) is 4.84. The van der Waals surface area contributed by atoms with Gasteiger partial charge in [-0.1, -0.05) is 15.9 Å². The highest BCUT2D eigenvalue weighted by Gasteiger charge is 2.34. The fraction of sp³-hybridized carbons (Fsp3) is 0.600. The molecule has 2 atom stereocenters. The number of hydrogen-bond donors (Lipinski definition) is 1. The Morgan fingerprint density at radius 1 is 1.23 bits per heavy atom. The zero-order valence-corrected chi connectivity index (χ0v) is 13.6. The molecule has 122 valence electrons. The van der Waals surface area contributed by atoms with Gasteiger partial charge in [0.2, 0.25) is 0 Å². The summed E-state index contributed by atoms with van der Waals surface area (Å²) in [5.74, 6) is -0.185. The largest absolute Gasteiger partial charge is 0.573 e. The number of benzene rings is 1. The lowest BCUT2D eigenvalue weighted by Gasteiger charge is -2.35. The highest BCUT2D eigenvalue weighted by Crippen LogP contribution is 2.35. The van der Waals surface area contributed by atoms with Crippen LogP contribution in [0.2, 0.25) is 0 Å². The summed E-state index contributed by atoms with van der Waals surface area (Å²) in [7, 11) is 0. The third kappa shape index (κ3) is 3.87. The first kappa shape index (κ1) is 15.9. The lowest BCUT2D eigenvalue weighted by atomic mass is 9.97. The number of anilines is 1. The molecule has 2 heterocycles. The molecule has 0 bridgehead atoms. The fourth-order valence-electron chi connectivity index (χ4n) is 3.40. The molecule has 1 aromatic carbocycles. The van der Waals surface area contributed by atoms with Crippen molar-refractivity contribution in [3.63, 3.8) is 0 Å². The second-order valence-electron chi connectivity index (χ2n) is 5.89. The van der Waals surface area contributed by atoms with Crippen molar-refractivity contribution < 1.29 is 17.9 Å². The molecule has 2 saturated heterocycles. The molecule has 0 saturated carbocycles. The second kappa shape index (κ2) is 6.28. The fourth-order valence-corrected chi connectivity index (χ4v) is 3.74. The number of hydrogen-bond acceptors (Lipinski definition) is 3. The van der Waals surface area contributed by atoms with Crippen molar-refractivity contribution in [1.29, 1.82) is 0 Å². The summed E-state index contributed by atoms with van der Waals surface area (Å²) in [4.78, 5) is 2.48. The van der Waals surface area contributed by atoms with Crippen molar-refractivity contribution in [1.82, 2.24) is 4.90 Å². The average molecular weight is 379 g/mol. The molecular weight excluding hydrogens is 361 g/mol. The Balaban J connectivity index is 1.71. The maximum Gasteiger partial charge on any atom is 0.573 e. The predicted octanol–water partition coefficient (Wildman–Crippen LogP) is 4.39. The van der Waals surface area contributed by atoms with E-state index >= 15 is 0 Å². The predicted molar refractivity (Wildman–Crippen MR) is 82.1 cm³/mol. The summed E-state index contributed by atoms with van der Waals surface area (Å²) >= 11 is 3.18. The van der Waals surface area contributed by atoms with Gasteiger partial charge in [0.25, 0.3) is 0 Å². The number of fused-ring (bicyclic) bond motifs is 1. The van der Waals surface area contributed by atoms with E-state index in [1.165, 1.54) is 18.9 Å². The van der Waals surface area contributed by atoms with Crippen LogP contribution in [0.1, 0.15) is 25.7 Å². The van der Waals surface area contributed by atoms with Crippen LogP contribution < -0.4 is 10.1 Å². The monoisotopic (exact) mass is 378 g/mol. The van der Waals surface area contributed by atoms with E-state index in [0.29, 0.717) is 16.2 Å². The second-order valence-corrected chi connectivity index (χ2v) is 6.80. The normalized spacial score (nSPS) is 25.8. The van der Waals surface area contributed by atoms with Crippen molar-refractivity contribution in [3.05, 3.63) is 22.7 Å². The molecule has 0 unspecified atom stereocenters. The lowest BCUT2D eigenvalue weighted by Crippen LogP contribution is -2.42. The SMILES string of the molecule is FC(F)(F)Oc1cc(Br)ccc1N[C@H]1CCN2CCC[C@H]2C1. The van der Waals surface area contributed by atoms with Gasteiger partial charge in [0, 0.05) is 23.1 Å². The average Bonchev–Trinajstić information content (AvgIpc) is 2.87. The van der Waals surface area contributed by atoms with Gasteiger partial charge in [0.1, 0.15) is 0 Å². The number of halogens is 4. The number of nitrogens with one attached hydrogen (secondary N) is 1. The van der Waals surface area contributed by atoms with Crippen molar-refractivity contribution in [2.24, 2.45) is 0 Å².